The Hall–Kier alpha value is -3.09. The van der Waals surface area contributed by atoms with Crippen LogP contribution in [0.3, 0.4) is 0 Å². The molecule has 0 radical (unpaired) electrons. The molecule has 6 atom stereocenters. The lowest BCUT2D eigenvalue weighted by atomic mass is 9.99. The zero-order valence-electron chi connectivity index (χ0n) is 15.8. The van der Waals surface area contributed by atoms with Gasteiger partial charge in [-0.15, -0.1) is 0 Å². The fraction of sp³-hybridized carbons (Fsp3) is 0.350. The molecule has 2 aromatic carbocycles. The normalized spacial score (nSPS) is 30.0. The van der Waals surface area contributed by atoms with Crippen molar-refractivity contribution >= 4 is 5.78 Å². The summed E-state index contributed by atoms with van der Waals surface area (Å²) in [5.74, 6) is -2.34. The quantitative estimate of drug-likeness (QED) is 0.300. The first-order chi connectivity index (χ1) is 14.7. The van der Waals surface area contributed by atoms with Crippen molar-refractivity contribution in [2.24, 2.45) is 0 Å². The third kappa shape index (κ3) is 3.52. The van der Waals surface area contributed by atoms with Gasteiger partial charge in [-0.2, -0.15) is 0 Å². The number of ether oxygens (including phenoxy) is 3. The topological polar surface area (TPSA) is 186 Å². The summed E-state index contributed by atoms with van der Waals surface area (Å²) in [4.78, 5) is 12.7. The fourth-order valence-corrected chi connectivity index (χ4v) is 3.49. The van der Waals surface area contributed by atoms with Crippen LogP contribution in [0, 0.1) is 0 Å². The molecule has 2 heterocycles. The number of aliphatic hydroxyl groups is 4. The van der Waals surface area contributed by atoms with Crippen LogP contribution in [0.25, 0.3) is 0 Å². The van der Waals surface area contributed by atoms with Gasteiger partial charge in [0.2, 0.25) is 17.8 Å². The van der Waals surface area contributed by atoms with Gasteiger partial charge >= 0.3 is 0 Å². The molecule has 0 bridgehead atoms. The third-order valence-corrected chi connectivity index (χ3v) is 5.23. The van der Waals surface area contributed by atoms with Gasteiger partial charge in [-0.05, 0) is 24.3 Å². The number of carbonyl (C=O) groups excluding carboxylic acids is 1. The van der Waals surface area contributed by atoms with Gasteiger partial charge in [0.05, 0.1) is 12.2 Å². The largest absolute Gasteiger partial charge is 0.504 e. The number of rotatable bonds is 4. The van der Waals surface area contributed by atoms with Crippen molar-refractivity contribution in [1.29, 1.82) is 0 Å². The van der Waals surface area contributed by atoms with Crippen molar-refractivity contribution < 1.29 is 54.8 Å². The minimum absolute atomic E-state index is 0.0382. The molecular formula is C20H20O11. The summed E-state index contributed by atoms with van der Waals surface area (Å²) in [5, 5.41) is 68.7. The van der Waals surface area contributed by atoms with Crippen LogP contribution in [0.4, 0.5) is 0 Å². The van der Waals surface area contributed by atoms with Crippen molar-refractivity contribution in [3.05, 3.63) is 41.5 Å². The van der Waals surface area contributed by atoms with Crippen molar-refractivity contribution in [2.75, 3.05) is 6.61 Å². The maximum absolute atomic E-state index is 12.7. The maximum atomic E-state index is 12.7. The monoisotopic (exact) mass is 436 g/mol. The Kier molecular flexibility index (Phi) is 5.37. The van der Waals surface area contributed by atoms with E-state index in [0.717, 1.165) is 6.07 Å². The lowest BCUT2D eigenvalue weighted by Gasteiger charge is -2.39. The number of benzene rings is 2. The molecule has 2 aromatic rings. The summed E-state index contributed by atoms with van der Waals surface area (Å²) in [7, 11) is 0. The molecule has 0 unspecified atom stereocenters. The highest BCUT2D eigenvalue weighted by atomic mass is 16.7. The van der Waals surface area contributed by atoms with Crippen LogP contribution >= 0.6 is 0 Å². The first-order valence-electron chi connectivity index (χ1n) is 9.28. The first kappa shape index (κ1) is 21.2. The van der Waals surface area contributed by atoms with E-state index in [-0.39, 0.29) is 28.4 Å². The van der Waals surface area contributed by atoms with Gasteiger partial charge in [-0.25, -0.2) is 0 Å². The van der Waals surface area contributed by atoms with Crippen LogP contribution in [0.15, 0.2) is 30.3 Å². The van der Waals surface area contributed by atoms with E-state index in [2.05, 4.69) is 0 Å². The number of aromatic hydroxyl groups is 3. The molecule has 7 N–H and O–H groups in total. The molecule has 1 fully saturated rings. The predicted octanol–water partition coefficient (Wildman–Crippen LogP) is -0.702. The van der Waals surface area contributed by atoms with Crippen LogP contribution < -0.4 is 9.47 Å². The molecule has 11 heteroatoms. The van der Waals surface area contributed by atoms with Gasteiger partial charge in [0, 0.05) is 5.56 Å². The van der Waals surface area contributed by atoms with Gasteiger partial charge in [-0.3, -0.25) is 4.79 Å². The Morgan fingerprint density at radius 2 is 1.68 bits per heavy atom. The van der Waals surface area contributed by atoms with Gasteiger partial charge < -0.3 is 50.0 Å². The van der Waals surface area contributed by atoms with Gasteiger partial charge in [-0.1, -0.05) is 6.07 Å². The molecule has 2 aliphatic heterocycles. The first-order valence-corrected chi connectivity index (χ1v) is 9.28. The van der Waals surface area contributed by atoms with Crippen molar-refractivity contribution in [2.45, 2.75) is 36.8 Å². The average Bonchev–Trinajstić information content (AvgIpc) is 3.09. The highest BCUT2D eigenvalue weighted by Gasteiger charge is 2.45. The molecule has 11 nitrogen and oxygen atoms in total. The number of phenols is 3. The molecule has 166 valence electrons. The van der Waals surface area contributed by atoms with Crippen LogP contribution in [0.1, 0.15) is 22.0 Å². The number of fused-ring (bicyclic) bond motifs is 1. The van der Waals surface area contributed by atoms with Crippen LogP contribution in [0.2, 0.25) is 0 Å². The highest BCUT2D eigenvalue weighted by Crippen LogP contribution is 2.48. The number of aliphatic hydroxyl groups excluding tert-OH is 4. The Morgan fingerprint density at radius 1 is 0.935 bits per heavy atom. The number of hydrogen-bond acceptors (Lipinski definition) is 11. The van der Waals surface area contributed by atoms with E-state index < -0.39 is 60.7 Å². The minimum Gasteiger partial charge on any atom is -0.504 e. The van der Waals surface area contributed by atoms with E-state index in [1.807, 2.05) is 0 Å². The molecule has 0 amide bonds. The molecule has 4 rings (SSSR count). The predicted molar refractivity (Wildman–Crippen MR) is 100.0 cm³/mol. The number of phenolic OH excluding ortho intramolecular Hbond substituents is 3. The average molecular weight is 436 g/mol. The second-order valence-electron chi connectivity index (χ2n) is 7.21. The lowest BCUT2D eigenvalue weighted by Crippen LogP contribution is -2.60. The second-order valence-corrected chi connectivity index (χ2v) is 7.21. The number of Topliss-reactive ketones (excluding diaryl/α,β-unsaturated/α-hetero) is 1. The molecular weight excluding hydrogens is 416 g/mol. The Labute approximate surface area is 174 Å². The van der Waals surface area contributed by atoms with Gasteiger partial charge in [0.25, 0.3) is 0 Å². The molecule has 0 aromatic heterocycles. The number of hydrogen-bond donors (Lipinski definition) is 7. The standard InChI is InChI=1S/C20H20O11/c21-6-12-14(25)16(27)17(28)20(30-12)29-11-4-2-8-13(24)18(31-19(8)15(11)26)7-1-3-9(22)10(23)5-7/h1-5,12,14,16-18,20-23,25-28H,6H2/t12-,14-,16-,17-,18-,20-/m1/s1. The Balaban J connectivity index is 1.59. The second kappa shape index (κ2) is 7.87. The van der Waals surface area contributed by atoms with Crippen molar-refractivity contribution in [3.63, 3.8) is 0 Å². The van der Waals surface area contributed by atoms with E-state index in [9.17, 15) is 40.5 Å². The summed E-state index contributed by atoms with van der Waals surface area (Å²) in [5.41, 5.74) is 0.281. The molecule has 0 aliphatic carbocycles. The highest BCUT2D eigenvalue weighted by molar-refractivity contribution is 6.06. The summed E-state index contributed by atoms with van der Waals surface area (Å²) in [6.07, 6.45) is -8.87. The minimum atomic E-state index is -1.69. The lowest BCUT2D eigenvalue weighted by molar-refractivity contribution is -0.277. The summed E-state index contributed by atoms with van der Waals surface area (Å²) in [6.45, 7) is -0.653. The molecule has 31 heavy (non-hydrogen) atoms. The molecule has 0 spiro atoms. The Morgan fingerprint density at radius 3 is 2.35 bits per heavy atom. The zero-order chi connectivity index (χ0) is 22.4. The van der Waals surface area contributed by atoms with Crippen LogP contribution in [-0.2, 0) is 4.74 Å². The smallest absolute Gasteiger partial charge is 0.229 e. The Bertz CT molecular complexity index is 1000. The molecule has 2 aliphatic rings. The summed E-state index contributed by atoms with van der Waals surface area (Å²) >= 11 is 0. The third-order valence-electron chi connectivity index (χ3n) is 5.23. The van der Waals surface area contributed by atoms with Gasteiger partial charge in [0.1, 0.15) is 24.4 Å². The van der Waals surface area contributed by atoms with Crippen LogP contribution in [-0.4, -0.2) is 78.8 Å². The molecule has 1 saturated heterocycles. The zero-order valence-corrected chi connectivity index (χ0v) is 15.8. The van der Waals surface area contributed by atoms with Gasteiger partial charge in [0.15, 0.2) is 29.1 Å². The van der Waals surface area contributed by atoms with E-state index in [1.54, 1.807) is 0 Å². The van der Waals surface area contributed by atoms with Crippen molar-refractivity contribution in [3.8, 4) is 28.7 Å². The maximum Gasteiger partial charge on any atom is 0.229 e. The van der Waals surface area contributed by atoms with E-state index >= 15 is 0 Å². The van der Waals surface area contributed by atoms with Crippen molar-refractivity contribution in [1.82, 2.24) is 0 Å². The number of ketones is 1. The fourth-order valence-electron chi connectivity index (χ4n) is 3.49. The summed E-state index contributed by atoms with van der Waals surface area (Å²) in [6, 6.07) is 6.28. The van der Waals surface area contributed by atoms with E-state index in [4.69, 9.17) is 14.2 Å². The number of carbonyl (C=O) groups is 1. The SMILES string of the molecule is O=C1c2ccc(O[C@@H]3O[C@H](CO)[C@@H](O)[C@@H](O)[C@H]3O)c(O)c2O[C@@H]1c1ccc(O)c(O)c1. The summed E-state index contributed by atoms with van der Waals surface area (Å²) < 4.78 is 16.2. The van der Waals surface area contributed by atoms with E-state index in [0.29, 0.717) is 0 Å². The van der Waals surface area contributed by atoms with E-state index in [1.165, 1.54) is 24.3 Å². The molecule has 0 saturated carbocycles. The van der Waals surface area contributed by atoms with Crippen LogP contribution in [0.5, 0.6) is 28.7 Å².